The normalized spacial score (nSPS) is 9.28. The highest BCUT2D eigenvalue weighted by Gasteiger charge is 1.99. The van der Waals surface area contributed by atoms with E-state index < -0.39 is 11.9 Å². The van der Waals surface area contributed by atoms with E-state index in [-0.39, 0.29) is 19.1 Å². The summed E-state index contributed by atoms with van der Waals surface area (Å²) in [6.07, 6.45) is 0.854. The number of aromatic carboxylic acids is 2. The van der Waals surface area contributed by atoms with Gasteiger partial charge in [-0.15, -0.1) is 0 Å². The Morgan fingerprint density at radius 1 is 0.760 bits per heavy atom. The largest absolute Gasteiger partial charge is 0.478 e. The molecular weight excluding hydrogens is 324 g/mol. The van der Waals surface area contributed by atoms with Gasteiger partial charge in [-0.3, -0.25) is 0 Å². The van der Waals surface area contributed by atoms with Crippen molar-refractivity contribution in [2.24, 2.45) is 5.92 Å². The van der Waals surface area contributed by atoms with Crippen LogP contribution in [0.3, 0.4) is 0 Å². The van der Waals surface area contributed by atoms with Gasteiger partial charge in [-0.05, 0) is 30.7 Å². The number of aliphatic hydroxyl groups is 2. The third-order valence-electron chi connectivity index (χ3n) is 3.14. The minimum absolute atomic E-state index is 0.0972. The highest BCUT2D eigenvalue weighted by atomic mass is 16.4. The van der Waals surface area contributed by atoms with Crippen molar-refractivity contribution in [2.75, 3.05) is 13.2 Å². The third-order valence-corrected chi connectivity index (χ3v) is 3.14. The molecule has 2 aromatic carbocycles. The van der Waals surface area contributed by atoms with Crippen LogP contribution < -0.4 is 0 Å². The molecule has 0 aliphatic carbocycles. The van der Waals surface area contributed by atoms with Crippen LogP contribution in [0.25, 0.3) is 0 Å². The monoisotopic (exact) mass is 348 g/mol. The quantitative estimate of drug-likeness (QED) is 0.660. The second-order valence-electron chi connectivity index (χ2n) is 4.98. The molecule has 0 radical (unpaired) electrons. The lowest BCUT2D eigenvalue weighted by Crippen LogP contribution is -2.08. The van der Waals surface area contributed by atoms with Crippen LogP contribution >= 0.6 is 0 Å². The van der Waals surface area contributed by atoms with E-state index in [0.717, 1.165) is 6.42 Å². The van der Waals surface area contributed by atoms with Gasteiger partial charge in [0.05, 0.1) is 11.1 Å². The lowest BCUT2D eigenvalue weighted by atomic mass is 10.1. The molecule has 0 aromatic heterocycles. The van der Waals surface area contributed by atoms with Crippen molar-refractivity contribution in [3.63, 3.8) is 0 Å². The van der Waals surface area contributed by atoms with Crippen molar-refractivity contribution in [2.45, 2.75) is 13.3 Å². The topological polar surface area (TPSA) is 115 Å². The molecule has 25 heavy (non-hydrogen) atoms. The molecule has 4 N–H and O–H groups in total. The number of carbonyl (C=O) groups is 2. The van der Waals surface area contributed by atoms with Gasteiger partial charge >= 0.3 is 11.9 Å². The summed E-state index contributed by atoms with van der Waals surface area (Å²) in [5.74, 6) is -1.66. The van der Waals surface area contributed by atoms with Crippen molar-refractivity contribution in [3.8, 4) is 0 Å². The van der Waals surface area contributed by atoms with Crippen LogP contribution in [0, 0.1) is 5.92 Å². The molecule has 0 spiro atoms. The molecular formula is C19H24O6. The number of carboxylic acid groups (broad SMARTS) is 2. The summed E-state index contributed by atoms with van der Waals surface area (Å²) in [7, 11) is 0. The summed E-state index contributed by atoms with van der Waals surface area (Å²) in [4.78, 5) is 20.4. The van der Waals surface area contributed by atoms with Crippen LogP contribution in [0.1, 0.15) is 34.1 Å². The van der Waals surface area contributed by atoms with Crippen molar-refractivity contribution in [3.05, 3.63) is 71.8 Å². The summed E-state index contributed by atoms with van der Waals surface area (Å²) in [5, 5.41) is 33.5. The smallest absolute Gasteiger partial charge is 0.335 e. The van der Waals surface area contributed by atoms with E-state index in [0.29, 0.717) is 11.1 Å². The Morgan fingerprint density at radius 2 is 1.08 bits per heavy atom. The predicted molar refractivity (Wildman–Crippen MR) is 94.8 cm³/mol. The lowest BCUT2D eigenvalue weighted by Gasteiger charge is -2.03. The molecule has 0 aliphatic heterocycles. The fraction of sp³-hybridized carbons (Fsp3) is 0.263. The summed E-state index contributed by atoms with van der Waals surface area (Å²) < 4.78 is 0. The molecule has 0 aliphatic rings. The standard InChI is InChI=1S/2C7H6O2.C5H12O2/c2*8-7(9)6-4-2-1-3-5-6;1-2-5(3-6)4-7/h2*1-5H,(H,8,9);5-7H,2-4H2,1H3. The van der Waals surface area contributed by atoms with Crippen LogP contribution in [0.15, 0.2) is 60.7 Å². The molecule has 0 saturated heterocycles. The van der Waals surface area contributed by atoms with E-state index in [1.165, 1.54) is 0 Å². The predicted octanol–water partition coefficient (Wildman–Crippen LogP) is 2.77. The zero-order chi connectivity index (χ0) is 19.1. The van der Waals surface area contributed by atoms with Gasteiger partial charge < -0.3 is 20.4 Å². The van der Waals surface area contributed by atoms with Crippen LogP contribution in [0.5, 0.6) is 0 Å². The summed E-state index contributed by atoms with van der Waals surface area (Å²) >= 11 is 0. The molecule has 136 valence electrons. The van der Waals surface area contributed by atoms with Crippen molar-refractivity contribution >= 4 is 11.9 Å². The first kappa shape index (κ1) is 22.3. The van der Waals surface area contributed by atoms with Gasteiger partial charge in [0.1, 0.15) is 0 Å². The SMILES string of the molecule is CCC(CO)CO.O=C(O)c1ccccc1.O=C(O)c1ccccc1. The second-order valence-corrected chi connectivity index (χ2v) is 4.98. The molecule has 0 atom stereocenters. The molecule has 2 rings (SSSR count). The van der Waals surface area contributed by atoms with Crippen molar-refractivity contribution in [1.82, 2.24) is 0 Å². The molecule has 2 aromatic rings. The maximum absolute atomic E-state index is 10.2. The Bertz CT molecular complexity index is 539. The maximum Gasteiger partial charge on any atom is 0.335 e. The van der Waals surface area contributed by atoms with Crippen LogP contribution in [-0.4, -0.2) is 45.6 Å². The third kappa shape index (κ3) is 10.6. The Balaban J connectivity index is 0.000000350. The minimum Gasteiger partial charge on any atom is -0.478 e. The van der Waals surface area contributed by atoms with E-state index in [1.807, 2.05) is 6.92 Å². The highest BCUT2D eigenvalue weighted by Crippen LogP contribution is 1.97. The van der Waals surface area contributed by atoms with Crippen LogP contribution in [0.4, 0.5) is 0 Å². The summed E-state index contributed by atoms with van der Waals surface area (Å²) in [6.45, 7) is 2.15. The number of benzene rings is 2. The number of carboxylic acids is 2. The lowest BCUT2D eigenvalue weighted by molar-refractivity contribution is 0.0686. The fourth-order valence-electron chi connectivity index (χ4n) is 1.48. The van der Waals surface area contributed by atoms with Gasteiger partial charge in [-0.2, -0.15) is 0 Å². The fourth-order valence-corrected chi connectivity index (χ4v) is 1.48. The van der Waals surface area contributed by atoms with Crippen LogP contribution in [0.2, 0.25) is 0 Å². The second kappa shape index (κ2) is 13.7. The molecule has 6 nitrogen and oxygen atoms in total. The molecule has 0 bridgehead atoms. The average molecular weight is 348 g/mol. The Kier molecular flexibility index (Phi) is 12.2. The van der Waals surface area contributed by atoms with E-state index in [2.05, 4.69) is 0 Å². The van der Waals surface area contributed by atoms with E-state index in [4.69, 9.17) is 20.4 Å². The highest BCUT2D eigenvalue weighted by molar-refractivity contribution is 5.87. The summed E-state index contributed by atoms with van der Waals surface area (Å²) in [6, 6.07) is 16.6. The first-order valence-electron chi connectivity index (χ1n) is 7.74. The van der Waals surface area contributed by atoms with E-state index in [9.17, 15) is 9.59 Å². The van der Waals surface area contributed by atoms with Crippen molar-refractivity contribution in [1.29, 1.82) is 0 Å². The average Bonchev–Trinajstić information content (AvgIpc) is 2.65. The number of rotatable bonds is 5. The zero-order valence-electron chi connectivity index (χ0n) is 14.1. The first-order chi connectivity index (χ1) is 12.0. The summed E-state index contributed by atoms with van der Waals surface area (Å²) in [5.41, 5.74) is 0.662. The van der Waals surface area contributed by atoms with Gasteiger partial charge in [0.2, 0.25) is 0 Å². The van der Waals surface area contributed by atoms with Gasteiger partial charge in [-0.25, -0.2) is 9.59 Å². The molecule has 0 heterocycles. The van der Waals surface area contributed by atoms with Crippen molar-refractivity contribution < 1.29 is 30.0 Å². The molecule has 0 fully saturated rings. The molecule has 0 saturated carbocycles. The number of aliphatic hydroxyl groups excluding tert-OH is 2. The Morgan fingerprint density at radius 3 is 1.20 bits per heavy atom. The zero-order valence-corrected chi connectivity index (χ0v) is 14.1. The molecule has 6 heteroatoms. The minimum atomic E-state index is -0.879. The van der Waals surface area contributed by atoms with Gasteiger partial charge in [0.15, 0.2) is 0 Å². The van der Waals surface area contributed by atoms with Gasteiger partial charge in [0, 0.05) is 19.1 Å². The Labute approximate surface area is 147 Å². The maximum atomic E-state index is 10.2. The number of hydrogen-bond acceptors (Lipinski definition) is 4. The van der Waals surface area contributed by atoms with E-state index in [1.54, 1.807) is 60.7 Å². The number of hydrogen-bond donors (Lipinski definition) is 4. The Hall–Kier alpha value is -2.70. The molecule has 0 unspecified atom stereocenters. The molecule has 0 amide bonds. The van der Waals surface area contributed by atoms with Gasteiger partial charge in [0.25, 0.3) is 0 Å². The van der Waals surface area contributed by atoms with Crippen LogP contribution in [-0.2, 0) is 0 Å². The van der Waals surface area contributed by atoms with E-state index >= 15 is 0 Å². The first-order valence-corrected chi connectivity index (χ1v) is 7.74. The van der Waals surface area contributed by atoms with Gasteiger partial charge in [-0.1, -0.05) is 43.3 Å².